The van der Waals surface area contributed by atoms with Gasteiger partial charge >= 0.3 is 0 Å². The lowest BCUT2D eigenvalue weighted by molar-refractivity contribution is 0.0168. The maximum Gasteiger partial charge on any atom is 0.0699 e. The molecule has 1 aromatic heterocycles. The standard InChI is InChI=1S/C11H17NOS/c1-2-6-13-10(4-1)8-12-9-11-5-3-7-14-11/h3,5,7,10,12H,1-2,4,6,8-9H2. The Morgan fingerprint density at radius 1 is 1.50 bits per heavy atom. The highest BCUT2D eigenvalue weighted by Crippen LogP contribution is 2.12. The average Bonchev–Trinajstić information content (AvgIpc) is 2.72. The van der Waals surface area contributed by atoms with E-state index in [1.54, 1.807) is 11.3 Å². The van der Waals surface area contributed by atoms with Gasteiger partial charge in [0.05, 0.1) is 6.10 Å². The molecule has 0 saturated carbocycles. The predicted molar refractivity (Wildman–Crippen MR) is 59.6 cm³/mol. The van der Waals surface area contributed by atoms with E-state index < -0.39 is 0 Å². The summed E-state index contributed by atoms with van der Waals surface area (Å²) >= 11 is 1.81. The molecule has 0 bridgehead atoms. The SMILES string of the molecule is c1csc(CNCC2CCCCO2)c1. The maximum atomic E-state index is 5.64. The molecule has 2 nitrogen and oxygen atoms in total. The maximum absolute atomic E-state index is 5.64. The Morgan fingerprint density at radius 2 is 2.50 bits per heavy atom. The highest BCUT2D eigenvalue weighted by Gasteiger charge is 2.12. The van der Waals surface area contributed by atoms with Crippen LogP contribution in [0, 0.1) is 0 Å². The molecule has 0 amide bonds. The molecule has 3 heteroatoms. The van der Waals surface area contributed by atoms with Crippen LogP contribution in [0.2, 0.25) is 0 Å². The molecule has 0 spiro atoms. The minimum absolute atomic E-state index is 0.448. The first-order chi connectivity index (χ1) is 6.95. The fourth-order valence-corrected chi connectivity index (χ4v) is 2.41. The second-order valence-corrected chi connectivity index (χ2v) is 4.73. The molecule has 1 saturated heterocycles. The molecule has 2 heterocycles. The first-order valence-electron chi connectivity index (χ1n) is 5.30. The molecular formula is C11H17NOS. The fraction of sp³-hybridized carbons (Fsp3) is 0.636. The Bertz CT molecular complexity index is 242. The summed E-state index contributed by atoms with van der Waals surface area (Å²) < 4.78 is 5.64. The molecule has 1 atom stereocenters. The monoisotopic (exact) mass is 211 g/mol. The Morgan fingerprint density at radius 3 is 3.21 bits per heavy atom. The first-order valence-corrected chi connectivity index (χ1v) is 6.18. The Kier molecular flexibility index (Phi) is 3.98. The molecule has 0 radical (unpaired) electrons. The van der Waals surface area contributed by atoms with E-state index in [-0.39, 0.29) is 0 Å². The zero-order valence-electron chi connectivity index (χ0n) is 8.37. The number of hydrogen-bond acceptors (Lipinski definition) is 3. The van der Waals surface area contributed by atoms with Crippen molar-refractivity contribution >= 4 is 11.3 Å². The molecule has 1 unspecified atom stereocenters. The van der Waals surface area contributed by atoms with Crippen molar-refractivity contribution in [2.45, 2.75) is 31.9 Å². The number of ether oxygens (including phenoxy) is 1. The number of rotatable bonds is 4. The van der Waals surface area contributed by atoms with Crippen LogP contribution in [-0.4, -0.2) is 19.3 Å². The van der Waals surface area contributed by atoms with E-state index >= 15 is 0 Å². The minimum atomic E-state index is 0.448. The van der Waals surface area contributed by atoms with Gasteiger partial charge in [-0.05, 0) is 30.7 Å². The molecule has 1 aliphatic heterocycles. The van der Waals surface area contributed by atoms with Gasteiger partial charge in [-0.2, -0.15) is 0 Å². The van der Waals surface area contributed by atoms with Crippen molar-refractivity contribution in [2.24, 2.45) is 0 Å². The quantitative estimate of drug-likeness (QED) is 0.825. The van der Waals surface area contributed by atoms with Crippen molar-refractivity contribution in [1.29, 1.82) is 0 Å². The third-order valence-electron chi connectivity index (χ3n) is 2.53. The van der Waals surface area contributed by atoms with E-state index in [4.69, 9.17) is 4.74 Å². The molecule has 1 fully saturated rings. The lowest BCUT2D eigenvalue weighted by Gasteiger charge is -2.22. The normalized spacial score (nSPS) is 22.4. The summed E-state index contributed by atoms with van der Waals surface area (Å²) in [6, 6.07) is 4.26. The molecule has 1 aliphatic rings. The summed E-state index contributed by atoms with van der Waals surface area (Å²) in [4.78, 5) is 1.40. The Hall–Kier alpha value is -0.380. The van der Waals surface area contributed by atoms with Crippen LogP contribution in [0.3, 0.4) is 0 Å². The highest BCUT2D eigenvalue weighted by atomic mass is 32.1. The van der Waals surface area contributed by atoms with Crippen molar-refractivity contribution < 1.29 is 4.74 Å². The van der Waals surface area contributed by atoms with Gasteiger partial charge in [0.25, 0.3) is 0 Å². The van der Waals surface area contributed by atoms with Crippen LogP contribution in [-0.2, 0) is 11.3 Å². The minimum Gasteiger partial charge on any atom is -0.377 e. The van der Waals surface area contributed by atoms with Crippen LogP contribution in [0.1, 0.15) is 24.1 Å². The molecule has 14 heavy (non-hydrogen) atoms. The summed E-state index contributed by atoms with van der Waals surface area (Å²) in [7, 11) is 0. The lowest BCUT2D eigenvalue weighted by atomic mass is 10.1. The van der Waals surface area contributed by atoms with E-state index in [0.717, 1.165) is 19.7 Å². The predicted octanol–water partition coefficient (Wildman–Crippen LogP) is 2.41. The number of hydrogen-bond donors (Lipinski definition) is 1. The van der Waals surface area contributed by atoms with Crippen LogP contribution < -0.4 is 5.32 Å². The van der Waals surface area contributed by atoms with Gasteiger partial charge in [0.2, 0.25) is 0 Å². The molecule has 2 rings (SSSR count). The second kappa shape index (κ2) is 5.49. The zero-order valence-corrected chi connectivity index (χ0v) is 9.19. The smallest absolute Gasteiger partial charge is 0.0699 e. The van der Waals surface area contributed by atoms with Crippen molar-refractivity contribution in [2.75, 3.05) is 13.2 Å². The largest absolute Gasteiger partial charge is 0.377 e. The third kappa shape index (κ3) is 3.08. The zero-order chi connectivity index (χ0) is 9.64. The summed E-state index contributed by atoms with van der Waals surface area (Å²) in [6.45, 7) is 2.93. The van der Waals surface area contributed by atoms with Gasteiger partial charge in [-0.15, -0.1) is 11.3 Å². The molecule has 0 aromatic carbocycles. The van der Waals surface area contributed by atoms with E-state index in [0.29, 0.717) is 6.10 Å². The van der Waals surface area contributed by atoms with Gasteiger partial charge < -0.3 is 10.1 Å². The topological polar surface area (TPSA) is 21.3 Å². The van der Waals surface area contributed by atoms with Gasteiger partial charge in [0, 0.05) is 24.6 Å². The fourth-order valence-electron chi connectivity index (χ4n) is 1.74. The molecule has 0 aliphatic carbocycles. The summed E-state index contributed by atoms with van der Waals surface area (Å²) in [5.41, 5.74) is 0. The van der Waals surface area contributed by atoms with E-state index in [1.807, 2.05) is 0 Å². The van der Waals surface area contributed by atoms with Crippen LogP contribution >= 0.6 is 11.3 Å². The van der Waals surface area contributed by atoms with Crippen LogP contribution in [0.5, 0.6) is 0 Å². The van der Waals surface area contributed by atoms with Gasteiger partial charge in [0.1, 0.15) is 0 Å². The van der Waals surface area contributed by atoms with Crippen molar-refractivity contribution in [3.05, 3.63) is 22.4 Å². The summed E-state index contributed by atoms with van der Waals surface area (Å²) in [6.07, 6.45) is 4.23. The Labute approximate surface area is 89.3 Å². The van der Waals surface area contributed by atoms with Gasteiger partial charge in [-0.3, -0.25) is 0 Å². The number of thiophene rings is 1. The van der Waals surface area contributed by atoms with Crippen molar-refractivity contribution in [3.8, 4) is 0 Å². The Balaban J connectivity index is 1.62. The van der Waals surface area contributed by atoms with E-state index in [1.165, 1.54) is 24.1 Å². The lowest BCUT2D eigenvalue weighted by Crippen LogP contribution is -2.31. The van der Waals surface area contributed by atoms with E-state index in [2.05, 4.69) is 22.8 Å². The average molecular weight is 211 g/mol. The molecule has 78 valence electrons. The summed E-state index contributed by atoms with van der Waals surface area (Å²) in [5.74, 6) is 0. The number of nitrogens with one attached hydrogen (secondary N) is 1. The van der Waals surface area contributed by atoms with E-state index in [9.17, 15) is 0 Å². The molecule has 1 N–H and O–H groups in total. The van der Waals surface area contributed by atoms with Crippen molar-refractivity contribution in [1.82, 2.24) is 5.32 Å². The first kappa shape index (κ1) is 10.1. The second-order valence-electron chi connectivity index (χ2n) is 3.70. The van der Waals surface area contributed by atoms with Crippen molar-refractivity contribution in [3.63, 3.8) is 0 Å². The molecular weight excluding hydrogens is 194 g/mol. The molecule has 1 aromatic rings. The van der Waals surface area contributed by atoms with Gasteiger partial charge in [-0.25, -0.2) is 0 Å². The third-order valence-corrected chi connectivity index (χ3v) is 3.40. The summed E-state index contributed by atoms with van der Waals surface area (Å²) in [5, 5.41) is 5.56. The van der Waals surface area contributed by atoms with Crippen LogP contribution in [0.15, 0.2) is 17.5 Å². The highest BCUT2D eigenvalue weighted by molar-refractivity contribution is 7.09. The van der Waals surface area contributed by atoms with Gasteiger partial charge in [-0.1, -0.05) is 6.07 Å². The van der Waals surface area contributed by atoms with Crippen LogP contribution in [0.25, 0.3) is 0 Å². The van der Waals surface area contributed by atoms with Gasteiger partial charge in [0.15, 0.2) is 0 Å². The van der Waals surface area contributed by atoms with Crippen LogP contribution in [0.4, 0.5) is 0 Å².